The largest absolute Gasteiger partial charge is 0.486 e. The van der Waals surface area contributed by atoms with Crippen molar-refractivity contribution in [3.63, 3.8) is 0 Å². The first kappa shape index (κ1) is 14.2. The van der Waals surface area contributed by atoms with Crippen LogP contribution in [0.25, 0.3) is 0 Å². The third-order valence-electron chi connectivity index (χ3n) is 2.82. The molecular weight excluding hydrogens is 320 g/mol. The molecule has 0 bridgehead atoms. The normalized spacial score (nSPS) is 14.2. The second-order valence-electron chi connectivity index (χ2n) is 4.41. The van der Waals surface area contributed by atoms with Gasteiger partial charge in [-0.25, -0.2) is 8.42 Å². The third-order valence-corrected chi connectivity index (χ3v) is 4.89. The van der Waals surface area contributed by atoms with E-state index in [1.54, 1.807) is 6.92 Å². The van der Waals surface area contributed by atoms with Crippen LogP contribution >= 0.6 is 11.6 Å². The maximum Gasteiger partial charge on any atom is 0.223 e. The molecule has 0 aliphatic carbocycles. The number of hydrogen-bond donors (Lipinski definition) is 0. The van der Waals surface area contributed by atoms with Gasteiger partial charge in [-0.1, -0.05) is 16.8 Å². The summed E-state index contributed by atoms with van der Waals surface area (Å²) in [4.78, 5) is 3.84. The summed E-state index contributed by atoms with van der Waals surface area (Å²) in [6, 6.07) is 2.80. The molecule has 0 atom stereocenters. The predicted octanol–water partition coefficient (Wildman–Crippen LogP) is 1.78. The van der Waals surface area contributed by atoms with E-state index in [1.807, 2.05) is 0 Å². The summed E-state index contributed by atoms with van der Waals surface area (Å²) in [6.45, 7) is 2.34. The Morgan fingerprint density at radius 3 is 2.52 bits per heavy atom. The van der Waals surface area contributed by atoms with Crippen molar-refractivity contribution in [1.29, 1.82) is 0 Å². The topological polar surface area (TPSA) is 91.5 Å². The minimum Gasteiger partial charge on any atom is -0.486 e. The van der Waals surface area contributed by atoms with E-state index in [2.05, 4.69) is 10.1 Å². The Labute approximate surface area is 125 Å². The van der Waals surface area contributed by atoms with Gasteiger partial charge in [0.2, 0.25) is 5.89 Å². The molecule has 7 nitrogen and oxygen atoms in total. The fourth-order valence-electron chi connectivity index (χ4n) is 1.93. The predicted molar refractivity (Wildman–Crippen MR) is 72.4 cm³/mol. The van der Waals surface area contributed by atoms with E-state index in [9.17, 15) is 8.42 Å². The highest BCUT2D eigenvalue weighted by molar-refractivity contribution is 7.90. The summed E-state index contributed by atoms with van der Waals surface area (Å²) in [5.74, 6) is 0.769. The Balaban J connectivity index is 1.98. The molecule has 0 amide bonds. The van der Waals surface area contributed by atoms with Crippen molar-refractivity contribution in [2.75, 3.05) is 13.2 Å². The summed E-state index contributed by atoms with van der Waals surface area (Å²) in [5, 5.41) is 3.65. The first-order valence-electron chi connectivity index (χ1n) is 6.07. The molecule has 3 rings (SSSR count). The molecule has 9 heteroatoms. The highest BCUT2D eigenvalue weighted by atomic mass is 35.5. The Bertz CT molecular complexity index is 787. The lowest BCUT2D eigenvalue weighted by molar-refractivity contribution is 0.171. The van der Waals surface area contributed by atoms with E-state index in [0.717, 1.165) is 0 Å². The van der Waals surface area contributed by atoms with Crippen molar-refractivity contribution in [3.05, 3.63) is 28.9 Å². The van der Waals surface area contributed by atoms with Crippen LogP contribution in [0.3, 0.4) is 0 Å². The number of ether oxygens (including phenoxy) is 2. The minimum atomic E-state index is -3.72. The van der Waals surface area contributed by atoms with Gasteiger partial charge in [-0.15, -0.1) is 0 Å². The molecule has 1 aromatic heterocycles. The highest BCUT2D eigenvalue weighted by Crippen LogP contribution is 2.38. The molecule has 1 aromatic carbocycles. The summed E-state index contributed by atoms with van der Waals surface area (Å²) in [5.41, 5.74) is 0. The number of rotatable bonds is 3. The van der Waals surface area contributed by atoms with E-state index in [4.69, 9.17) is 25.6 Å². The number of sulfone groups is 1. The number of benzene rings is 1. The van der Waals surface area contributed by atoms with E-state index in [1.165, 1.54) is 12.1 Å². The van der Waals surface area contributed by atoms with Gasteiger partial charge in [0.1, 0.15) is 19.0 Å². The maximum absolute atomic E-state index is 12.4. The summed E-state index contributed by atoms with van der Waals surface area (Å²) in [7, 11) is -3.72. The van der Waals surface area contributed by atoms with Crippen LogP contribution in [0.1, 0.15) is 11.7 Å². The van der Waals surface area contributed by atoms with Crippen LogP contribution in [0.4, 0.5) is 0 Å². The molecule has 0 N–H and O–H groups in total. The molecule has 0 unspecified atom stereocenters. The van der Waals surface area contributed by atoms with Gasteiger partial charge >= 0.3 is 0 Å². The molecule has 2 heterocycles. The Morgan fingerprint density at radius 1 is 1.24 bits per heavy atom. The van der Waals surface area contributed by atoms with Gasteiger partial charge in [-0.3, -0.25) is 0 Å². The van der Waals surface area contributed by atoms with Crippen LogP contribution in [0.15, 0.2) is 21.6 Å². The van der Waals surface area contributed by atoms with Crippen molar-refractivity contribution in [1.82, 2.24) is 10.1 Å². The Kier molecular flexibility index (Phi) is 3.50. The lowest BCUT2D eigenvalue weighted by Gasteiger charge is -2.19. The van der Waals surface area contributed by atoms with Gasteiger partial charge in [-0.2, -0.15) is 4.98 Å². The Hall–Kier alpha value is -1.80. The Morgan fingerprint density at radius 2 is 1.90 bits per heavy atom. The maximum atomic E-state index is 12.4. The molecule has 1 aliphatic heterocycles. The van der Waals surface area contributed by atoms with Gasteiger partial charge in [0.15, 0.2) is 27.2 Å². The number of hydrogen-bond acceptors (Lipinski definition) is 7. The number of halogens is 1. The molecule has 0 saturated heterocycles. The van der Waals surface area contributed by atoms with Crippen LogP contribution in [-0.2, 0) is 15.6 Å². The van der Waals surface area contributed by atoms with E-state index >= 15 is 0 Å². The number of aryl methyl sites for hydroxylation is 1. The molecule has 0 saturated carbocycles. The minimum absolute atomic E-state index is 0.0455. The van der Waals surface area contributed by atoms with Crippen molar-refractivity contribution in [2.24, 2.45) is 0 Å². The van der Waals surface area contributed by atoms with Crippen LogP contribution in [0, 0.1) is 6.92 Å². The van der Waals surface area contributed by atoms with Crippen molar-refractivity contribution in [2.45, 2.75) is 17.6 Å². The molecule has 112 valence electrons. The molecule has 0 radical (unpaired) electrons. The zero-order valence-electron chi connectivity index (χ0n) is 11.0. The first-order valence-corrected chi connectivity index (χ1v) is 8.10. The number of aromatic nitrogens is 2. The summed E-state index contributed by atoms with van der Waals surface area (Å²) >= 11 is 6.04. The number of nitrogens with zero attached hydrogens (tertiary/aromatic N) is 2. The zero-order chi connectivity index (χ0) is 15.0. The van der Waals surface area contributed by atoms with Gasteiger partial charge < -0.3 is 14.0 Å². The smallest absolute Gasteiger partial charge is 0.223 e. The van der Waals surface area contributed by atoms with Crippen LogP contribution in [-0.4, -0.2) is 31.8 Å². The lowest BCUT2D eigenvalue weighted by Crippen LogP contribution is -2.16. The van der Waals surface area contributed by atoms with E-state index in [-0.39, 0.29) is 15.7 Å². The third kappa shape index (κ3) is 2.81. The second-order valence-corrected chi connectivity index (χ2v) is 6.78. The van der Waals surface area contributed by atoms with E-state index < -0.39 is 15.6 Å². The summed E-state index contributed by atoms with van der Waals surface area (Å²) in [6.07, 6.45) is 0. The standard InChI is InChI=1S/C12H11ClN2O5S/c1-7-14-12(15-20-7)6-21(16,17)11-5-10-9(4-8(11)13)18-2-3-19-10/h4-5H,2-3,6H2,1H3. The molecule has 0 spiro atoms. The molecule has 21 heavy (non-hydrogen) atoms. The molecule has 0 fully saturated rings. The number of fused-ring (bicyclic) bond motifs is 1. The highest BCUT2D eigenvalue weighted by Gasteiger charge is 2.25. The second kappa shape index (κ2) is 5.19. The van der Waals surface area contributed by atoms with Gasteiger partial charge in [0.25, 0.3) is 0 Å². The monoisotopic (exact) mass is 330 g/mol. The quantitative estimate of drug-likeness (QED) is 0.846. The SMILES string of the molecule is Cc1nc(CS(=O)(=O)c2cc3c(cc2Cl)OCCO3)no1. The van der Waals surface area contributed by atoms with Gasteiger partial charge in [0, 0.05) is 19.1 Å². The van der Waals surface area contributed by atoms with Crippen molar-refractivity contribution >= 4 is 21.4 Å². The first-order chi connectivity index (χ1) is 9.95. The van der Waals surface area contributed by atoms with Crippen molar-refractivity contribution < 1.29 is 22.4 Å². The average Bonchev–Trinajstić information content (AvgIpc) is 2.82. The van der Waals surface area contributed by atoms with Crippen LogP contribution in [0.5, 0.6) is 11.5 Å². The fourth-order valence-corrected chi connectivity index (χ4v) is 3.69. The van der Waals surface area contributed by atoms with Crippen LogP contribution < -0.4 is 9.47 Å². The molecule has 2 aromatic rings. The fraction of sp³-hybridized carbons (Fsp3) is 0.333. The van der Waals surface area contributed by atoms with Gasteiger partial charge in [0.05, 0.1) is 9.92 Å². The zero-order valence-corrected chi connectivity index (χ0v) is 12.6. The van der Waals surface area contributed by atoms with Crippen molar-refractivity contribution in [3.8, 4) is 11.5 Å². The van der Waals surface area contributed by atoms with Crippen LogP contribution in [0.2, 0.25) is 5.02 Å². The van der Waals surface area contributed by atoms with E-state index in [0.29, 0.717) is 30.6 Å². The molecular formula is C12H11ClN2O5S. The summed E-state index contributed by atoms with van der Waals surface area (Å²) < 4.78 is 40.3. The molecule has 1 aliphatic rings. The lowest BCUT2D eigenvalue weighted by atomic mass is 10.3. The average molecular weight is 331 g/mol. The van der Waals surface area contributed by atoms with Gasteiger partial charge in [-0.05, 0) is 0 Å².